The molecule has 0 saturated heterocycles. The van der Waals surface area contributed by atoms with Crippen molar-refractivity contribution in [1.29, 1.82) is 0 Å². The summed E-state index contributed by atoms with van der Waals surface area (Å²) in [7, 11) is 1.63. The first kappa shape index (κ1) is 15.5. The second-order valence-electron chi connectivity index (χ2n) is 4.87. The van der Waals surface area contributed by atoms with E-state index in [9.17, 15) is 5.11 Å². The van der Waals surface area contributed by atoms with Gasteiger partial charge >= 0.3 is 0 Å². The van der Waals surface area contributed by atoms with Gasteiger partial charge < -0.3 is 14.6 Å². The average molecular weight is 291 g/mol. The molecule has 21 heavy (non-hydrogen) atoms. The molecule has 1 N–H and O–H groups in total. The fraction of sp³-hybridized carbons (Fsp3) is 0.467. The highest BCUT2D eigenvalue weighted by Crippen LogP contribution is 2.18. The van der Waals surface area contributed by atoms with E-state index in [1.165, 1.54) is 0 Å². The highest BCUT2D eigenvalue weighted by atomic mass is 16.5. The summed E-state index contributed by atoms with van der Waals surface area (Å²) in [5, 5.41) is 14.2. The lowest BCUT2D eigenvalue weighted by molar-refractivity contribution is 0.0177. The molecule has 1 aromatic heterocycles. The Bertz CT molecular complexity index is 583. The Labute approximate surface area is 124 Å². The Morgan fingerprint density at radius 2 is 2.05 bits per heavy atom. The third-order valence-corrected chi connectivity index (χ3v) is 3.11. The molecule has 0 spiro atoms. The van der Waals surface area contributed by atoms with E-state index in [-0.39, 0.29) is 6.61 Å². The summed E-state index contributed by atoms with van der Waals surface area (Å²) in [6.07, 6.45) is -0.625. The van der Waals surface area contributed by atoms with Crippen LogP contribution < -0.4 is 4.74 Å². The molecule has 0 fully saturated rings. The Balaban J connectivity index is 1.81. The predicted molar refractivity (Wildman–Crippen MR) is 78.2 cm³/mol. The summed E-state index contributed by atoms with van der Waals surface area (Å²) in [4.78, 5) is 4.20. The molecule has 0 amide bonds. The van der Waals surface area contributed by atoms with Gasteiger partial charge in [0, 0.05) is 5.56 Å². The molecule has 1 heterocycles. The van der Waals surface area contributed by atoms with E-state index in [1.54, 1.807) is 11.8 Å². The Kier molecular flexibility index (Phi) is 5.30. The van der Waals surface area contributed by atoms with Crippen LogP contribution >= 0.6 is 0 Å². The molecule has 6 heteroatoms. The highest BCUT2D eigenvalue weighted by Gasteiger charge is 2.10. The number of aliphatic hydroxyl groups excluding tert-OH is 1. The number of para-hydroxylation sites is 1. The molecule has 0 aliphatic heterocycles. The normalized spacial score (nSPS) is 12.4. The van der Waals surface area contributed by atoms with Gasteiger partial charge in [-0.05, 0) is 19.9 Å². The number of hydrogen-bond donors (Lipinski definition) is 1. The van der Waals surface area contributed by atoms with Gasteiger partial charge in [-0.2, -0.15) is 5.10 Å². The van der Waals surface area contributed by atoms with Crippen molar-refractivity contribution in [3.05, 3.63) is 41.5 Å². The SMILES string of the molecule is COc1ccccc1COC[C@@H](O)Cn1nc(C)nc1C. The molecule has 0 radical (unpaired) electrons. The lowest BCUT2D eigenvalue weighted by Crippen LogP contribution is -2.23. The number of aryl methyl sites for hydroxylation is 2. The van der Waals surface area contributed by atoms with Crippen molar-refractivity contribution >= 4 is 0 Å². The van der Waals surface area contributed by atoms with Crippen LogP contribution in [-0.4, -0.2) is 39.7 Å². The van der Waals surface area contributed by atoms with Gasteiger partial charge in [-0.1, -0.05) is 18.2 Å². The average Bonchev–Trinajstić information content (AvgIpc) is 2.77. The lowest BCUT2D eigenvalue weighted by atomic mass is 10.2. The first-order chi connectivity index (χ1) is 10.1. The Morgan fingerprint density at radius 1 is 1.29 bits per heavy atom. The van der Waals surface area contributed by atoms with E-state index in [1.807, 2.05) is 38.1 Å². The van der Waals surface area contributed by atoms with Crippen molar-refractivity contribution in [2.24, 2.45) is 0 Å². The van der Waals surface area contributed by atoms with Crippen LogP contribution in [0.3, 0.4) is 0 Å². The molecule has 2 rings (SSSR count). The van der Waals surface area contributed by atoms with Gasteiger partial charge in [0.15, 0.2) is 0 Å². The largest absolute Gasteiger partial charge is 0.496 e. The third-order valence-electron chi connectivity index (χ3n) is 3.11. The predicted octanol–water partition coefficient (Wildman–Crippen LogP) is 1.48. The van der Waals surface area contributed by atoms with Crippen LogP contribution in [0.25, 0.3) is 0 Å². The van der Waals surface area contributed by atoms with Crippen LogP contribution in [0.2, 0.25) is 0 Å². The minimum absolute atomic E-state index is 0.233. The van der Waals surface area contributed by atoms with Gasteiger partial charge in [0.05, 0.1) is 33.0 Å². The zero-order valence-electron chi connectivity index (χ0n) is 12.6. The quantitative estimate of drug-likeness (QED) is 0.837. The van der Waals surface area contributed by atoms with Crippen molar-refractivity contribution in [2.75, 3.05) is 13.7 Å². The number of rotatable bonds is 7. The Morgan fingerprint density at radius 3 is 2.71 bits per heavy atom. The standard InChI is InChI=1S/C15H21N3O3/c1-11-16-12(2)18(17-11)8-14(19)10-21-9-13-6-4-5-7-15(13)20-3/h4-7,14,19H,8-10H2,1-3H3/t14-/m0/s1. The van der Waals surface area contributed by atoms with Gasteiger partial charge in [0.25, 0.3) is 0 Å². The fourth-order valence-electron chi connectivity index (χ4n) is 2.11. The molecule has 1 atom stereocenters. The van der Waals surface area contributed by atoms with Crippen LogP contribution in [-0.2, 0) is 17.9 Å². The molecule has 0 aliphatic rings. The molecule has 0 bridgehead atoms. The summed E-state index contributed by atoms with van der Waals surface area (Å²) >= 11 is 0. The van der Waals surface area contributed by atoms with E-state index in [2.05, 4.69) is 10.1 Å². The van der Waals surface area contributed by atoms with Gasteiger partial charge in [-0.3, -0.25) is 0 Å². The maximum absolute atomic E-state index is 10.00. The lowest BCUT2D eigenvalue weighted by Gasteiger charge is -2.13. The van der Waals surface area contributed by atoms with Crippen LogP contribution in [0.5, 0.6) is 5.75 Å². The van der Waals surface area contributed by atoms with Gasteiger partial charge in [-0.15, -0.1) is 0 Å². The zero-order valence-corrected chi connectivity index (χ0v) is 12.6. The van der Waals surface area contributed by atoms with Gasteiger partial charge in [0.2, 0.25) is 0 Å². The molecule has 2 aromatic rings. The summed E-state index contributed by atoms with van der Waals surface area (Å²) in [5.41, 5.74) is 0.958. The number of hydrogen-bond acceptors (Lipinski definition) is 5. The number of benzene rings is 1. The second kappa shape index (κ2) is 7.19. The summed E-state index contributed by atoms with van der Waals surface area (Å²) in [6.45, 7) is 4.70. The first-order valence-electron chi connectivity index (χ1n) is 6.86. The molecule has 114 valence electrons. The van der Waals surface area contributed by atoms with Crippen molar-refractivity contribution in [1.82, 2.24) is 14.8 Å². The van der Waals surface area contributed by atoms with E-state index >= 15 is 0 Å². The van der Waals surface area contributed by atoms with E-state index in [0.29, 0.717) is 19.0 Å². The van der Waals surface area contributed by atoms with Crippen molar-refractivity contribution in [3.63, 3.8) is 0 Å². The minimum atomic E-state index is -0.625. The first-order valence-corrected chi connectivity index (χ1v) is 6.86. The van der Waals surface area contributed by atoms with Crippen molar-refractivity contribution in [3.8, 4) is 5.75 Å². The maximum atomic E-state index is 10.00. The monoisotopic (exact) mass is 291 g/mol. The molecule has 0 saturated carbocycles. The van der Waals surface area contributed by atoms with Crippen molar-refractivity contribution < 1.29 is 14.6 Å². The Hall–Kier alpha value is -1.92. The summed E-state index contributed by atoms with van der Waals surface area (Å²) in [6, 6.07) is 7.67. The van der Waals surface area contributed by atoms with Crippen LogP contribution in [0.15, 0.2) is 24.3 Å². The number of methoxy groups -OCH3 is 1. The minimum Gasteiger partial charge on any atom is -0.496 e. The zero-order chi connectivity index (χ0) is 15.2. The van der Waals surface area contributed by atoms with Crippen LogP contribution in [0, 0.1) is 13.8 Å². The molecule has 0 aliphatic carbocycles. The van der Waals surface area contributed by atoms with Gasteiger partial charge in [-0.25, -0.2) is 9.67 Å². The van der Waals surface area contributed by atoms with E-state index in [0.717, 1.165) is 17.1 Å². The smallest absolute Gasteiger partial charge is 0.147 e. The van der Waals surface area contributed by atoms with Crippen LogP contribution in [0.4, 0.5) is 0 Å². The number of ether oxygens (including phenoxy) is 2. The van der Waals surface area contributed by atoms with E-state index < -0.39 is 6.10 Å². The van der Waals surface area contributed by atoms with Gasteiger partial charge in [0.1, 0.15) is 17.4 Å². The van der Waals surface area contributed by atoms with Crippen molar-refractivity contribution in [2.45, 2.75) is 33.1 Å². The van der Waals surface area contributed by atoms with E-state index in [4.69, 9.17) is 9.47 Å². The number of aliphatic hydroxyl groups is 1. The summed E-state index contributed by atoms with van der Waals surface area (Å²) < 4.78 is 12.5. The fourth-order valence-corrected chi connectivity index (χ4v) is 2.11. The molecular weight excluding hydrogens is 270 g/mol. The topological polar surface area (TPSA) is 69.4 Å². The molecule has 6 nitrogen and oxygen atoms in total. The number of nitrogens with zero attached hydrogens (tertiary/aromatic N) is 3. The number of aromatic nitrogens is 3. The third kappa shape index (κ3) is 4.27. The molecular formula is C15H21N3O3. The molecule has 1 aromatic carbocycles. The second-order valence-corrected chi connectivity index (χ2v) is 4.87. The maximum Gasteiger partial charge on any atom is 0.147 e. The summed E-state index contributed by atoms with van der Waals surface area (Å²) in [5.74, 6) is 2.28. The molecule has 0 unspecified atom stereocenters. The van der Waals surface area contributed by atoms with Crippen LogP contribution in [0.1, 0.15) is 17.2 Å². The highest BCUT2D eigenvalue weighted by molar-refractivity contribution is 5.32.